The molecular formula is C16H14O2. The second kappa shape index (κ2) is 4.65. The molecule has 2 nitrogen and oxygen atoms in total. The van der Waals surface area contributed by atoms with E-state index < -0.39 is 0 Å². The summed E-state index contributed by atoms with van der Waals surface area (Å²) in [5.74, 6) is 0.812. The molecule has 0 saturated carbocycles. The number of benzene rings is 2. The summed E-state index contributed by atoms with van der Waals surface area (Å²) < 4.78 is 5.68. The minimum absolute atomic E-state index is 0.0364. The van der Waals surface area contributed by atoms with Crippen LogP contribution in [0, 0.1) is 0 Å². The molecule has 0 radical (unpaired) electrons. The van der Waals surface area contributed by atoms with E-state index in [1.165, 1.54) is 0 Å². The van der Waals surface area contributed by atoms with E-state index in [9.17, 15) is 4.79 Å². The van der Waals surface area contributed by atoms with Gasteiger partial charge in [0.25, 0.3) is 0 Å². The molecule has 1 aliphatic rings. The molecular weight excluding hydrogens is 224 g/mol. The molecule has 0 N–H and O–H groups in total. The summed E-state index contributed by atoms with van der Waals surface area (Å²) in [7, 11) is 0. The number of hydrogen-bond acceptors (Lipinski definition) is 2. The van der Waals surface area contributed by atoms with Crippen LogP contribution in [-0.2, 0) is 6.42 Å². The lowest BCUT2D eigenvalue weighted by Gasteiger charge is -2.19. The summed E-state index contributed by atoms with van der Waals surface area (Å²) in [6.45, 7) is 0.700. The van der Waals surface area contributed by atoms with Crippen molar-refractivity contribution in [3.63, 3.8) is 0 Å². The van der Waals surface area contributed by atoms with Gasteiger partial charge in [0.1, 0.15) is 5.75 Å². The minimum Gasteiger partial charge on any atom is -0.493 e. The standard InChI is InChI=1S/C16H14O2/c17-15(12-6-2-1-3-7-12)14-10-4-8-13-9-5-11-18-16(13)14/h1-4,6-8,10H,5,9,11H2. The highest BCUT2D eigenvalue weighted by Gasteiger charge is 2.19. The van der Waals surface area contributed by atoms with Crippen LogP contribution in [0.25, 0.3) is 0 Å². The molecule has 0 unspecified atom stereocenters. The number of carbonyl (C=O) groups excluding carboxylic acids is 1. The first-order chi connectivity index (χ1) is 8.86. The van der Waals surface area contributed by atoms with E-state index in [1.54, 1.807) is 0 Å². The predicted octanol–water partition coefficient (Wildman–Crippen LogP) is 3.24. The van der Waals surface area contributed by atoms with Crippen molar-refractivity contribution in [2.75, 3.05) is 6.61 Å². The number of fused-ring (bicyclic) bond motifs is 1. The van der Waals surface area contributed by atoms with Crippen molar-refractivity contribution in [1.82, 2.24) is 0 Å². The first kappa shape index (κ1) is 11.0. The van der Waals surface area contributed by atoms with Crippen LogP contribution in [-0.4, -0.2) is 12.4 Å². The van der Waals surface area contributed by atoms with E-state index in [0.717, 1.165) is 24.2 Å². The van der Waals surface area contributed by atoms with Crippen molar-refractivity contribution < 1.29 is 9.53 Å². The fourth-order valence-electron chi connectivity index (χ4n) is 2.31. The van der Waals surface area contributed by atoms with E-state index in [1.807, 2.05) is 48.5 Å². The average molecular weight is 238 g/mol. The summed E-state index contributed by atoms with van der Waals surface area (Å²) in [4.78, 5) is 12.4. The first-order valence-electron chi connectivity index (χ1n) is 6.21. The molecule has 0 saturated heterocycles. The first-order valence-corrected chi connectivity index (χ1v) is 6.21. The molecule has 0 amide bonds. The molecule has 3 rings (SSSR count). The molecule has 1 aliphatic heterocycles. The Kier molecular flexibility index (Phi) is 2.85. The predicted molar refractivity (Wildman–Crippen MR) is 70.1 cm³/mol. The van der Waals surface area contributed by atoms with Gasteiger partial charge in [0.05, 0.1) is 12.2 Å². The van der Waals surface area contributed by atoms with E-state index in [-0.39, 0.29) is 5.78 Å². The topological polar surface area (TPSA) is 26.3 Å². The third-order valence-corrected chi connectivity index (χ3v) is 3.21. The van der Waals surface area contributed by atoms with Crippen LogP contribution in [0.15, 0.2) is 48.5 Å². The Morgan fingerprint density at radius 3 is 2.67 bits per heavy atom. The third-order valence-electron chi connectivity index (χ3n) is 3.21. The lowest BCUT2D eigenvalue weighted by Crippen LogP contribution is -2.13. The summed E-state index contributed by atoms with van der Waals surface area (Å²) >= 11 is 0. The SMILES string of the molecule is O=C(c1ccccc1)c1cccc2c1OCCC2. The van der Waals surface area contributed by atoms with Crippen molar-refractivity contribution in [3.05, 3.63) is 65.2 Å². The van der Waals surface area contributed by atoms with Crippen LogP contribution in [0.4, 0.5) is 0 Å². The lowest BCUT2D eigenvalue weighted by molar-refractivity contribution is 0.103. The number of ether oxygens (including phenoxy) is 1. The van der Waals surface area contributed by atoms with Gasteiger partial charge in [0.15, 0.2) is 5.78 Å². The maximum atomic E-state index is 12.4. The van der Waals surface area contributed by atoms with Crippen LogP contribution in [0.1, 0.15) is 27.9 Å². The van der Waals surface area contributed by atoms with Crippen LogP contribution in [0.3, 0.4) is 0 Å². The maximum Gasteiger partial charge on any atom is 0.196 e. The van der Waals surface area contributed by atoms with Crippen LogP contribution < -0.4 is 4.74 Å². The zero-order valence-corrected chi connectivity index (χ0v) is 10.1. The highest BCUT2D eigenvalue weighted by atomic mass is 16.5. The largest absolute Gasteiger partial charge is 0.493 e. The van der Waals surface area contributed by atoms with Gasteiger partial charge in [-0.3, -0.25) is 4.79 Å². The van der Waals surface area contributed by atoms with Gasteiger partial charge in [-0.1, -0.05) is 42.5 Å². The van der Waals surface area contributed by atoms with Gasteiger partial charge in [0, 0.05) is 5.56 Å². The fraction of sp³-hybridized carbons (Fsp3) is 0.188. The summed E-state index contributed by atoms with van der Waals surface area (Å²) in [6, 6.07) is 15.2. The van der Waals surface area contributed by atoms with Gasteiger partial charge >= 0.3 is 0 Å². The monoisotopic (exact) mass is 238 g/mol. The molecule has 0 aromatic heterocycles. The second-order valence-corrected chi connectivity index (χ2v) is 4.44. The van der Waals surface area contributed by atoms with Crippen molar-refractivity contribution in [2.24, 2.45) is 0 Å². The third kappa shape index (κ3) is 1.90. The number of rotatable bonds is 2. The molecule has 0 atom stereocenters. The zero-order valence-electron chi connectivity index (χ0n) is 10.1. The Bertz CT molecular complexity index is 573. The molecule has 2 heteroatoms. The fourth-order valence-corrected chi connectivity index (χ4v) is 2.31. The summed E-state index contributed by atoms with van der Waals surface area (Å²) in [6.07, 6.45) is 2.02. The van der Waals surface area contributed by atoms with Crippen molar-refractivity contribution in [1.29, 1.82) is 0 Å². The molecule has 0 spiro atoms. The van der Waals surface area contributed by atoms with E-state index in [0.29, 0.717) is 17.7 Å². The van der Waals surface area contributed by atoms with Crippen LogP contribution in [0.2, 0.25) is 0 Å². The van der Waals surface area contributed by atoms with Crippen molar-refractivity contribution in [3.8, 4) is 5.75 Å². The molecule has 18 heavy (non-hydrogen) atoms. The molecule has 2 aromatic rings. The average Bonchev–Trinajstić information content (AvgIpc) is 2.47. The van der Waals surface area contributed by atoms with E-state index in [2.05, 4.69) is 0 Å². The minimum atomic E-state index is 0.0364. The van der Waals surface area contributed by atoms with Gasteiger partial charge < -0.3 is 4.74 Å². The molecule has 0 aliphatic carbocycles. The quantitative estimate of drug-likeness (QED) is 0.751. The van der Waals surface area contributed by atoms with Gasteiger partial charge in [0.2, 0.25) is 0 Å². The summed E-state index contributed by atoms with van der Waals surface area (Å²) in [5, 5.41) is 0. The Morgan fingerprint density at radius 2 is 1.83 bits per heavy atom. The molecule has 0 bridgehead atoms. The smallest absolute Gasteiger partial charge is 0.196 e. The van der Waals surface area contributed by atoms with E-state index in [4.69, 9.17) is 4.74 Å². The van der Waals surface area contributed by atoms with Crippen molar-refractivity contribution in [2.45, 2.75) is 12.8 Å². The number of para-hydroxylation sites is 1. The van der Waals surface area contributed by atoms with E-state index >= 15 is 0 Å². The molecule has 2 aromatic carbocycles. The molecule has 1 heterocycles. The Morgan fingerprint density at radius 1 is 1.00 bits per heavy atom. The lowest BCUT2D eigenvalue weighted by atomic mass is 9.97. The maximum absolute atomic E-state index is 12.4. The normalized spacial score (nSPS) is 13.6. The summed E-state index contributed by atoms with van der Waals surface area (Å²) in [5.41, 5.74) is 2.53. The number of carbonyl (C=O) groups is 1. The van der Waals surface area contributed by atoms with Gasteiger partial charge in [-0.25, -0.2) is 0 Å². The zero-order chi connectivity index (χ0) is 12.4. The molecule has 0 fully saturated rings. The number of ketones is 1. The van der Waals surface area contributed by atoms with Gasteiger partial charge in [-0.05, 0) is 24.5 Å². The van der Waals surface area contributed by atoms with Crippen LogP contribution >= 0.6 is 0 Å². The number of hydrogen-bond donors (Lipinski definition) is 0. The highest BCUT2D eigenvalue weighted by molar-refractivity contribution is 6.10. The van der Waals surface area contributed by atoms with Gasteiger partial charge in [-0.2, -0.15) is 0 Å². The van der Waals surface area contributed by atoms with Gasteiger partial charge in [-0.15, -0.1) is 0 Å². The number of aryl methyl sites for hydroxylation is 1. The Labute approximate surface area is 106 Å². The Hall–Kier alpha value is -2.09. The Balaban J connectivity index is 2.05. The second-order valence-electron chi connectivity index (χ2n) is 4.44. The molecule has 90 valence electrons. The highest BCUT2D eigenvalue weighted by Crippen LogP contribution is 2.30. The van der Waals surface area contributed by atoms with Crippen LogP contribution in [0.5, 0.6) is 5.75 Å². The van der Waals surface area contributed by atoms with Crippen molar-refractivity contribution >= 4 is 5.78 Å².